The number of aromatic nitrogens is 1. The molecule has 1 atom stereocenters. The molecule has 0 aromatic carbocycles. The molecule has 2 aromatic heterocycles. The lowest BCUT2D eigenvalue weighted by atomic mass is 10.2. The van der Waals surface area contributed by atoms with Crippen molar-refractivity contribution >= 4 is 17.2 Å². The zero-order valence-electron chi connectivity index (χ0n) is 11.0. The minimum atomic E-state index is 0.0390. The highest BCUT2D eigenvalue weighted by Crippen LogP contribution is 2.36. The van der Waals surface area contributed by atoms with Crippen molar-refractivity contribution < 1.29 is 4.79 Å². The third kappa shape index (κ3) is 2.59. The Morgan fingerprint density at radius 1 is 1.47 bits per heavy atom. The molecule has 2 heterocycles. The fourth-order valence-corrected chi connectivity index (χ4v) is 3.21. The van der Waals surface area contributed by atoms with Crippen LogP contribution in [0, 0.1) is 0 Å². The van der Waals surface area contributed by atoms with Crippen LogP contribution in [-0.2, 0) is 0 Å². The molecule has 19 heavy (non-hydrogen) atoms. The summed E-state index contributed by atoms with van der Waals surface area (Å²) >= 11 is 1.70. The van der Waals surface area contributed by atoms with Crippen LogP contribution in [0.1, 0.15) is 53.6 Å². The lowest BCUT2D eigenvalue weighted by Gasteiger charge is -2.16. The van der Waals surface area contributed by atoms with E-state index in [0.29, 0.717) is 6.04 Å². The van der Waals surface area contributed by atoms with Crippen molar-refractivity contribution in [3.63, 3.8) is 0 Å². The van der Waals surface area contributed by atoms with E-state index in [1.165, 1.54) is 17.7 Å². The first-order valence-corrected chi connectivity index (χ1v) is 7.68. The Hall–Kier alpha value is -1.55. The van der Waals surface area contributed by atoms with Gasteiger partial charge in [0.25, 0.3) is 5.91 Å². The number of hydrogen-bond donors (Lipinski definition) is 1. The lowest BCUT2D eigenvalue weighted by Crippen LogP contribution is -2.29. The lowest BCUT2D eigenvalue weighted by molar-refractivity contribution is 0.0926. The summed E-state index contributed by atoms with van der Waals surface area (Å²) in [5, 5.41) is 5.20. The fraction of sp³-hybridized carbons (Fsp3) is 0.400. The number of carbonyl (C=O) groups is 1. The van der Waals surface area contributed by atoms with Crippen molar-refractivity contribution in [2.45, 2.75) is 38.3 Å². The van der Waals surface area contributed by atoms with Crippen molar-refractivity contribution in [1.82, 2.24) is 9.88 Å². The molecule has 100 valence electrons. The summed E-state index contributed by atoms with van der Waals surface area (Å²) in [6, 6.07) is 8.64. The van der Waals surface area contributed by atoms with Crippen LogP contribution in [0.3, 0.4) is 0 Å². The van der Waals surface area contributed by atoms with E-state index >= 15 is 0 Å². The van der Waals surface area contributed by atoms with Crippen LogP contribution in [0.15, 0.2) is 35.8 Å². The van der Waals surface area contributed by atoms with Gasteiger partial charge in [-0.2, -0.15) is 0 Å². The number of nitrogens with one attached hydrogen (secondary N) is 1. The van der Waals surface area contributed by atoms with Gasteiger partial charge >= 0.3 is 0 Å². The molecule has 1 aliphatic carbocycles. The number of rotatable bonds is 5. The van der Waals surface area contributed by atoms with Crippen molar-refractivity contribution in [2.24, 2.45) is 0 Å². The van der Waals surface area contributed by atoms with E-state index in [1.807, 2.05) is 24.4 Å². The SMILES string of the molecule is CC[C@@H](NC(=O)c1cccn1C1CC1)c1cccs1. The molecule has 0 saturated heterocycles. The quantitative estimate of drug-likeness (QED) is 0.885. The van der Waals surface area contributed by atoms with Gasteiger partial charge in [0.15, 0.2) is 0 Å². The topological polar surface area (TPSA) is 34.0 Å². The monoisotopic (exact) mass is 274 g/mol. The predicted octanol–water partition coefficient (Wildman–Crippen LogP) is 3.77. The van der Waals surface area contributed by atoms with E-state index < -0.39 is 0 Å². The smallest absolute Gasteiger partial charge is 0.268 e. The summed E-state index contributed by atoms with van der Waals surface area (Å²) in [4.78, 5) is 13.6. The highest BCUT2D eigenvalue weighted by atomic mass is 32.1. The number of hydrogen-bond acceptors (Lipinski definition) is 2. The van der Waals surface area contributed by atoms with E-state index in [0.717, 1.165) is 12.1 Å². The first kappa shape index (κ1) is 12.5. The Morgan fingerprint density at radius 3 is 2.95 bits per heavy atom. The van der Waals surface area contributed by atoms with Gasteiger partial charge in [-0.1, -0.05) is 13.0 Å². The molecule has 0 radical (unpaired) electrons. The highest BCUT2D eigenvalue weighted by Gasteiger charge is 2.27. The molecule has 0 unspecified atom stereocenters. The molecule has 3 nitrogen and oxygen atoms in total. The van der Waals surface area contributed by atoms with Gasteiger partial charge < -0.3 is 9.88 Å². The molecule has 1 aliphatic rings. The summed E-state index contributed by atoms with van der Waals surface area (Å²) in [6.07, 6.45) is 5.31. The van der Waals surface area contributed by atoms with Crippen LogP contribution >= 0.6 is 11.3 Å². The van der Waals surface area contributed by atoms with Crippen LogP contribution in [0.25, 0.3) is 0 Å². The second-order valence-corrected chi connectivity index (χ2v) is 5.96. The first-order valence-electron chi connectivity index (χ1n) is 6.80. The molecular formula is C15H18N2OS. The largest absolute Gasteiger partial charge is 0.343 e. The van der Waals surface area contributed by atoms with Gasteiger partial charge in [0, 0.05) is 17.1 Å². The zero-order valence-corrected chi connectivity index (χ0v) is 11.8. The molecule has 1 N–H and O–H groups in total. The van der Waals surface area contributed by atoms with E-state index in [1.54, 1.807) is 11.3 Å². The summed E-state index contributed by atoms with van der Waals surface area (Å²) in [6.45, 7) is 2.10. The molecule has 0 aliphatic heterocycles. The number of thiophene rings is 1. The van der Waals surface area contributed by atoms with Gasteiger partial charge in [-0.3, -0.25) is 4.79 Å². The number of carbonyl (C=O) groups excluding carboxylic acids is 1. The van der Waals surface area contributed by atoms with E-state index in [2.05, 4.69) is 28.3 Å². The maximum Gasteiger partial charge on any atom is 0.268 e. The van der Waals surface area contributed by atoms with Crippen molar-refractivity contribution in [1.29, 1.82) is 0 Å². The van der Waals surface area contributed by atoms with Crippen LogP contribution in [0.2, 0.25) is 0 Å². The first-order chi connectivity index (χ1) is 9.29. The number of nitrogens with zero attached hydrogens (tertiary/aromatic N) is 1. The van der Waals surface area contributed by atoms with E-state index in [-0.39, 0.29) is 11.9 Å². The minimum absolute atomic E-state index is 0.0390. The molecule has 0 bridgehead atoms. The standard InChI is InChI=1S/C15H18N2OS/c1-2-12(14-6-4-10-19-14)16-15(18)13-5-3-9-17(13)11-7-8-11/h3-6,9-12H,2,7-8H2,1H3,(H,16,18)/t12-/m1/s1. The third-order valence-electron chi connectivity index (χ3n) is 3.55. The average molecular weight is 274 g/mol. The van der Waals surface area contributed by atoms with E-state index in [4.69, 9.17) is 0 Å². The third-order valence-corrected chi connectivity index (χ3v) is 4.54. The highest BCUT2D eigenvalue weighted by molar-refractivity contribution is 7.10. The van der Waals surface area contributed by atoms with Crippen molar-refractivity contribution in [2.75, 3.05) is 0 Å². The Kier molecular flexibility index (Phi) is 3.42. The second kappa shape index (κ2) is 5.21. The maximum absolute atomic E-state index is 12.4. The van der Waals surface area contributed by atoms with Gasteiger partial charge in [0.2, 0.25) is 0 Å². The van der Waals surface area contributed by atoms with Crippen LogP contribution in [0.5, 0.6) is 0 Å². The van der Waals surface area contributed by atoms with Crippen LogP contribution in [0.4, 0.5) is 0 Å². The molecule has 2 aromatic rings. The van der Waals surface area contributed by atoms with Gasteiger partial charge in [0.05, 0.1) is 6.04 Å². The Labute approximate surface area is 117 Å². The van der Waals surface area contributed by atoms with Crippen molar-refractivity contribution in [3.05, 3.63) is 46.4 Å². The average Bonchev–Trinajstić information content (AvgIpc) is 2.96. The normalized spacial score (nSPS) is 16.3. The zero-order chi connectivity index (χ0) is 13.2. The maximum atomic E-state index is 12.4. The fourth-order valence-electron chi connectivity index (χ4n) is 2.35. The van der Waals surface area contributed by atoms with Crippen LogP contribution in [-0.4, -0.2) is 10.5 Å². The molecular weight excluding hydrogens is 256 g/mol. The Bertz CT molecular complexity index is 554. The number of amides is 1. The second-order valence-electron chi connectivity index (χ2n) is 4.98. The van der Waals surface area contributed by atoms with Crippen molar-refractivity contribution in [3.8, 4) is 0 Å². The summed E-state index contributed by atoms with van der Waals surface area (Å²) in [5.41, 5.74) is 0.789. The molecule has 4 heteroatoms. The minimum Gasteiger partial charge on any atom is -0.343 e. The summed E-state index contributed by atoms with van der Waals surface area (Å²) in [5.74, 6) is 0.0390. The Morgan fingerprint density at radius 2 is 2.32 bits per heavy atom. The van der Waals surface area contributed by atoms with Gasteiger partial charge in [-0.25, -0.2) is 0 Å². The van der Waals surface area contributed by atoms with Gasteiger partial charge in [-0.05, 0) is 42.8 Å². The molecule has 3 rings (SSSR count). The molecule has 1 amide bonds. The van der Waals surface area contributed by atoms with E-state index in [9.17, 15) is 4.79 Å². The van der Waals surface area contributed by atoms with Gasteiger partial charge in [0.1, 0.15) is 5.69 Å². The molecule has 1 saturated carbocycles. The summed E-state index contributed by atoms with van der Waals surface area (Å²) in [7, 11) is 0. The Balaban J connectivity index is 1.75. The molecule has 1 fully saturated rings. The summed E-state index contributed by atoms with van der Waals surface area (Å²) < 4.78 is 2.11. The molecule has 0 spiro atoms. The van der Waals surface area contributed by atoms with Gasteiger partial charge in [-0.15, -0.1) is 11.3 Å². The van der Waals surface area contributed by atoms with Crippen LogP contribution < -0.4 is 5.32 Å². The predicted molar refractivity (Wildman–Crippen MR) is 77.5 cm³/mol.